The summed E-state index contributed by atoms with van der Waals surface area (Å²) >= 11 is 0. The van der Waals surface area contributed by atoms with Crippen molar-refractivity contribution >= 4 is 23.2 Å². The van der Waals surface area contributed by atoms with Crippen LogP contribution in [0.25, 0.3) is 0 Å². The summed E-state index contributed by atoms with van der Waals surface area (Å²) in [6, 6.07) is 12.1. The summed E-state index contributed by atoms with van der Waals surface area (Å²) in [7, 11) is 0. The molecule has 1 fully saturated rings. The van der Waals surface area contributed by atoms with Crippen molar-refractivity contribution in [3.05, 3.63) is 58.7 Å². The van der Waals surface area contributed by atoms with E-state index in [-0.39, 0.29) is 24.5 Å². The fourth-order valence-corrected chi connectivity index (χ4v) is 6.70. The van der Waals surface area contributed by atoms with Gasteiger partial charge in [-0.3, -0.25) is 14.5 Å². The Balaban J connectivity index is 1.51. The van der Waals surface area contributed by atoms with Crippen molar-refractivity contribution in [2.45, 2.75) is 98.4 Å². The fraction of sp³-hybridized carbons (Fsp3) is 0.611. The molecule has 0 bridgehead atoms. The van der Waals surface area contributed by atoms with Crippen molar-refractivity contribution in [3.8, 4) is 0 Å². The maximum absolute atomic E-state index is 13.3. The summed E-state index contributed by atoms with van der Waals surface area (Å²) in [6.45, 7) is 15.2. The van der Waals surface area contributed by atoms with Crippen molar-refractivity contribution in [1.82, 2.24) is 4.90 Å². The highest BCUT2D eigenvalue weighted by Gasteiger charge is 2.31. The molecule has 7 nitrogen and oxygen atoms in total. The summed E-state index contributed by atoms with van der Waals surface area (Å²) < 4.78 is 0.639. The number of hydrogen-bond acceptors (Lipinski definition) is 4. The van der Waals surface area contributed by atoms with Crippen LogP contribution in [0.2, 0.25) is 0 Å². The van der Waals surface area contributed by atoms with Crippen molar-refractivity contribution in [2.75, 3.05) is 56.5 Å². The molecule has 1 aliphatic rings. The molecule has 2 unspecified atom stereocenters. The quantitative estimate of drug-likeness (QED) is 0.136. The summed E-state index contributed by atoms with van der Waals surface area (Å²) in [5, 5.41) is 16.4. The molecule has 3 rings (SSSR count). The van der Waals surface area contributed by atoms with Gasteiger partial charge in [0.15, 0.2) is 6.54 Å². The number of unbranched alkanes of at least 4 members (excludes halogenated alkanes) is 5. The molecule has 2 aromatic rings. The maximum Gasteiger partial charge on any atom is 0.279 e. The second-order valence-electron chi connectivity index (χ2n) is 12.8. The zero-order chi connectivity index (χ0) is 31.2. The number of aliphatic hydroxyl groups is 1. The second kappa shape index (κ2) is 17.5. The topological polar surface area (TPSA) is 81.7 Å². The van der Waals surface area contributed by atoms with E-state index >= 15 is 0 Å². The summed E-state index contributed by atoms with van der Waals surface area (Å²) in [4.78, 5) is 28.9. The maximum atomic E-state index is 13.3. The van der Waals surface area contributed by atoms with Crippen molar-refractivity contribution in [2.24, 2.45) is 0 Å². The molecule has 1 heterocycles. The SMILES string of the molecule is CCCCC[N+](CCO)(CCCCCCN1CCCC1C(=O)Nc1c(C)cccc1C)CC(=O)Nc1c(C)cccc1C. The van der Waals surface area contributed by atoms with Gasteiger partial charge in [0.1, 0.15) is 6.54 Å². The molecular formula is C36H57N4O3+. The number of nitrogens with zero attached hydrogens (tertiary/aromatic N) is 2. The van der Waals surface area contributed by atoms with Crippen LogP contribution in [-0.4, -0.2) is 78.2 Å². The molecular weight excluding hydrogens is 536 g/mol. The number of aryl methyl sites for hydroxylation is 4. The van der Waals surface area contributed by atoms with Crippen molar-refractivity contribution in [1.29, 1.82) is 0 Å². The number of hydrogen-bond donors (Lipinski definition) is 3. The van der Waals surface area contributed by atoms with Crippen LogP contribution < -0.4 is 10.6 Å². The van der Waals surface area contributed by atoms with Gasteiger partial charge >= 0.3 is 0 Å². The molecule has 2 amide bonds. The minimum Gasteiger partial charge on any atom is -0.391 e. The summed E-state index contributed by atoms with van der Waals surface area (Å²) in [5.74, 6) is 0.147. The average molecular weight is 594 g/mol. The Hall–Kier alpha value is -2.74. The monoisotopic (exact) mass is 593 g/mol. The lowest BCUT2D eigenvalue weighted by molar-refractivity contribution is -0.921. The lowest BCUT2D eigenvalue weighted by Gasteiger charge is -2.38. The molecule has 0 radical (unpaired) electrons. The first-order valence-electron chi connectivity index (χ1n) is 16.6. The molecule has 7 heteroatoms. The largest absolute Gasteiger partial charge is 0.391 e. The van der Waals surface area contributed by atoms with E-state index in [2.05, 4.69) is 22.5 Å². The molecule has 2 aromatic carbocycles. The number of benzene rings is 2. The first-order valence-corrected chi connectivity index (χ1v) is 16.6. The molecule has 1 aliphatic heterocycles. The lowest BCUT2D eigenvalue weighted by Crippen LogP contribution is -2.55. The predicted molar refractivity (Wildman–Crippen MR) is 178 cm³/mol. The molecule has 238 valence electrons. The third-order valence-electron chi connectivity index (χ3n) is 9.26. The van der Waals surface area contributed by atoms with Crippen LogP contribution in [0.1, 0.15) is 87.0 Å². The van der Waals surface area contributed by atoms with Gasteiger partial charge in [0.25, 0.3) is 5.91 Å². The smallest absolute Gasteiger partial charge is 0.279 e. The van der Waals surface area contributed by atoms with E-state index < -0.39 is 0 Å². The van der Waals surface area contributed by atoms with Gasteiger partial charge in [-0.15, -0.1) is 0 Å². The van der Waals surface area contributed by atoms with Gasteiger partial charge in [-0.05, 0) is 108 Å². The third kappa shape index (κ3) is 10.4. The number of carbonyl (C=O) groups is 2. The number of amides is 2. The normalized spacial score (nSPS) is 16.7. The Morgan fingerprint density at radius 3 is 1.95 bits per heavy atom. The second-order valence-corrected chi connectivity index (χ2v) is 12.8. The minimum atomic E-state index is -0.0538. The molecule has 43 heavy (non-hydrogen) atoms. The van der Waals surface area contributed by atoms with E-state index in [1.807, 2.05) is 64.1 Å². The zero-order valence-electron chi connectivity index (χ0n) is 27.5. The number of aliphatic hydroxyl groups excluding tert-OH is 1. The Bertz CT molecular complexity index is 1140. The molecule has 2 atom stereocenters. The highest BCUT2D eigenvalue weighted by Crippen LogP contribution is 2.24. The molecule has 1 saturated heterocycles. The van der Waals surface area contributed by atoms with Gasteiger partial charge in [0.2, 0.25) is 5.91 Å². The number of rotatable bonds is 18. The molecule has 3 N–H and O–H groups in total. The molecule has 0 spiro atoms. The van der Waals surface area contributed by atoms with E-state index in [1.54, 1.807) is 0 Å². The molecule has 0 aromatic heterocycles. The Kier molecular flexibility index (Phi) is 14.2. The van der Waals surface area contributed by atoms with Crippen molar-refractivity contribution < 1.29 is 19.2 Å². The van der Waals surface area contributed by atoms with Gasteiger partial charge in [0, 0.05) is 11.4 Å². The minimum absolute atomic E-state index is 0.0293. The summed E-state index contributed by atoms with van der Waals surface area (Å²) in [6.07, 6.45) is 9.59. The lowest BCUT2D eigenvalue weighted by atomic mass is 10.1. The Morgan fingerprint density at radius 1 is 0.814 bits per heavy atom. The number of anilines is 2. The summed E-state index contributed by atoms with van der Waals surface area (Å²) in [5.41, 5.74) is 6.21. The predicted octanol–water partition coefficient (Wildman–Crippen LogP) is 6.52. The van der Waals surface area contributed by atoms with E-state index in [0.29, 0.717) is 17.6 Å². The van der Waals surface area contributed by atoms with Crippen LogP contribution in [0.5, 0.6) is 0 Å². The zero-order valence-corrected chi connectivity index (χ0v) is 27.5. The highest BCUT2D eigenvalue weighted by molar-refractivity contribution is 5.96. The van der Waals surface area contributed by atoms with Gasteiger partial charge in [-0.2, -0.15) is 0 Å². The molecule has 0 saturated carbocycles. The Morgan fingerprint density at radius 2 is 1.37 bits per heavy atom. The van der Waals surface area contributed by atoms with E-state index in [0.717, 1.165) is 118 Å². The third-order valence-corrected chi connectivity index (χ3v) is 9.26. The number of carbonyl (C=O) groups excluding carboxylic acids is 2. The van der Waals surface area contributed by atoms with Gasteiger partial charge in [0.05, 0.1) is 25.7 Å². The molecule has 0 aliphatic carbocycles. The Labute approximate surface area is 260 Å². The standard InChI is InChI=1S/C36H56N4O3/c1-6-7-11-23-40(25-26-41,27-33(42)37-34-28(2)16-13-17-29(34)3)24-12-9-8-10-21-39-22-15-20-32(39)36(43)38-35-30(4)18-14-19-31(35)5/h13-14,16-19,32,41H,6-12,15,20-27H2,1-5H3,(H-,37,38,42,43)/p+1. The van der Waals surface area contributed by atoms with Gasteiger partial charge < -0.3 is 20.2 Å². The average Bonchev–Trinajstić information content (AvgIpc) is 3.44. The number of quaternary nitrogens is 1. The van der Waals surface area contributed by atoms with Crippen LogP contribution >= 0.6 is 0 Å². The number of para-hydroxylation sites is 2. The fourth-order valence-electron chi connectivity index (χ4n) is 6.70. The van der Waals surface area contributed by atoms with Crippen molar-refractivity contribution in [3.63, 3.8) is 0 Å². The van der Waals surface area contributed by atoms with Crippen LogP contribution in [0.15, 0.2) is 36.4 Å². The van der Waals surface area contributed by atoms with E-state index in [1.165, 1.54) is 0 Å². The van der Waals surface area contributed by atoms with E-state index in [4.69, 9.17) is 0 Å². The van der Waals surface area contributed by atoms with E-state index in [9.17, 15) is 14.7 Å². The van der Waals surface area contributed by atoms with Crippen LogP contribution in [-0.2, 0) is 9.59 Å². The number of likely N-dealkylation sites (tertiary alicyclic amines) is 1. The van der Waals surface area contributed by atoms with Crippen LogP contribution in [0, 0.1) is 27.7 Å². The highest BCUT2D eigenvalue weighted by atomic mass is 16.3. The van der Waals surface area contributed by atoms with Gasteiger partial charge in [-0.25, -0.2) is 0 Å². The van der Waals surface area contributed by atoms with Crippen LogP contribution in [0.4, 0.5) is 11.4 Å². The van der Waals surface area contributed by atoms with Crippen LogP contribution in [0.3, 0.4) is 0 Å². The first kappa shape index (κ1) is 34.7. The van der Waals surface area contributed by atoms with Gasteiger partial charge in [-0.1, -0.05) is 56.2 Å². The number of nitrogens with one attached hydrogen (secondary N) is 2. The first-order chi connectivity index (χ1) is 20.7.